The molecule has 1 aromatic heterocycles. The number of sulfonamides is 1. The molecule has 10 heteroatoms. The lowest BCUT2D eigenvalue weighted by Gasteiger charge is -2.26. The summed E-state index contributed by atoms with van der Waals surface area (Å²) in [6, 6.07) is 26.1. The van der Waals surface area contributed by atoms with Crippen molar-refractivity contribution in [2.24, 2.45) is 0 Å². The van der Waals surface area contributed by atoms with Crippen molar-refractivity contribution in [2.45, 2.75) is 24.8 Å². The Balaban J connectivity index is 1.40. The molecule has 1 aliphatic heterocycles. The number of para-hydroxylation sites is 1. The van der Waals surface area contributed by atoms with Crippen LogP contribution in [0.15, 0.2) is 95.9 Å². The predicted octanol–water partition coefficient (Wildman–Crippen LogP) is 4.65. The van der Waals surface area contributed by atoms with Gasteiger partial charge in [0.2, 0.25) is 16.1 Å². The Kier molecular flexibility index (Phi) is 8.34. The van der Waals surface area contributed by atoms with E-state index in [1.165, 1.54) is 16.4 Å². The van der Waals surface area contributed by atoms with Gasteiger partial charge in [-0.15, -0.1) is 0 Å². The van der Waals surface area contributed by atoms with Gasteiger partial charge in [-0.3, -0.25) is 4.79 Å². The van der Waals surface area contributed by atoms with Crippen molar-refractivity contribution in [1.82, 2.24) is 8.87 Å². The molecule has 41 heavy (non-hydrogen) atoms. The van der Waals surface area contributed by atoms with Crippen molar-refractivity contribution in [1.29, 1.82) is 0 Å². The third-order valence-corrected chi connectivity index (χ3v) is 8.83. The Labute approximate surface area is 239 Å². The normalized spacial score (nSPS) is 14.8. The lowest BCUT2D eigenvalue weighted by Crippen LogP contribution is -2.40. The second-order valence-corrected chi connectivity index (χ2v) is 11.6. The number of hydrogen-bond acceptors (Lipinski definition) is 6. The van der Waals surface area contributed by atoms with Crippen molar-refractivity contribution in [3.05, 3.63) is 114 Å². The molecule has 1 amide bonds. The summed E-state index contributed by atoms with van der Waals surface area (Å²) in [5.74, 6) is -1.25. The summed E-state index contributed by atoms with van der Waals surface area (Å²) < 4.78 is 40.7. The van der Waals surface area contributed by atoms with E-state index < -0.39 is 28.0 Å². The maximum atomic E-state index is 13.6. The van der Waals surface area contributed by atoms with Gasteiger partial charge in [0.1, 0.15) is 0 Å². The number of amides is 1. The van der Waals surface area contributed by atoms with Gasteiger partial charge in [-0.1, -0.05) is 54.6 Å². The fourth-order valence-corrected chi connectivity index (χ4v) is 6.35. The number of hydrogen-bond donors (Lipinski definition) is 1. The first kappa shape index (κ1) is 28.3. The van der Waals surface area contributed by atoms with E-state index in [2.05, 4.69) is 5.32 Å². The summed E-state index contributed by atoms with van der Waals surface area (Å²) in [6.45, 7) is 4.90. The van der Waals surface area contributed by atoms with E-state index in [-0.39, 0.29) is 23.7 Å². The molecule has 0 bridgehead atoms. The molecule has 1 saturated heterocycles. The molecule has 0 spiro atoms. The number of carbonyl (C=O) groups excluding carboxylic acids is 2. The fourth-order valence-electron chi connectivity index (χ4n) is 4.89. The van der Waals surface area contributed by atoms with E-state index in [1.54, 1.807) is 48.5 Å². The third kappa shape index (κ3) is 6.09. The number of benzene rings is 3. The van der Waals surface area contributed by atoms with Crippen LogP contribution in [0.4, 0.5) is 5.69 Å². The van der Waals surface area contributed by atoms with E-state index in [0.717, 1.165) is 11.4 Å². The van der Waals surface area contributed by atoms with Crippen LogP contribution in [-0.2, 0) is 24.3 Å². The van der Waals surface area contributed by atoms with Crippen molar-refractivity contribution >= 4 is 27.6 Å². The fraction of sp³-hybridized carbons (Fsp3) is 0.226. The van der Waals surface area contributed by atoms with E-state index in [9.17, 15) is 18.0 Å². The summed E-state index contributed by atoms with van der Waals surface area (Å²) in [4.78, 5) is 27.1. The lowest BCUT2D eigenvalue weighted by atomic mass is 10.1. The molecule has 0 radical (unpaired) electrons. The molecule has 5 rings (SSSR count). The smallest absolute Gasteiger partial charge is 0.341 e. The highest BCUT2D eigenvalue weighted by atomic mass is 32.2. The van der Waals surface area contributed by atoms with E-state index in [0.29, 0.717) is 30.0 Å². The van der Waals surface area contributed by atoms with Gasteiger partial charge in [0.05, 0.1) is 23.7 Å². The summed E-state index contributed by atoms with van der Waals surface area (Å²) >= 11 is 0. The molecule has 0 aliphatic carbocycles. The molecule has 3 aromatic carbocycles. The summed E-state index contributed by atoms with van der Waals surface area (Å²) in [7, 11) is -3.76. The lowest BCUT2D eigenvalue weighted by molar-refractivity contribution is -0.125. The minimum Gasteiger partial charge on any atom is -0.444 e. The van der Waals surface area contributed by atoms with Crippen LogP contribution in [0.3, 0.4) is 0 Å². The zero-order chi connectivity index (χ0) is 29.0. The molecular formula is C31H31N3O6S. The molecule has 1 unspecified atom stereocenters. The quantitative estimate of drug-likeness (QED) is 0.308. The second-order valence-electron chi connectivity index (χ2n) is 9.69. The average molecular weight is 574 g/mol. The first-order valence-corrected chi connectivity index (χ1v) is 14.7. The Hall–Kier alpha value is -4.25. The molecule has 1 atom stereocenters. The standard InChI is InChI=1S/C31H31N3O6S/c1-22-20-28(23(2)34(22)26-13-7-4-8-14-26)31(36)40-29(24-10-5-3-6-11-24)30(35)32-25-12-9-15-27(21-25)41(37,38)33-16-18-39-19-17-33/h3-15,20-21,29H,16-19H2,1-2H3,(H,32,35). The van der Waals surface area contributed by atoms with Gasteiger partial charge in [0, 0.05) is 41.4 Å². The Morgan fingerprint density at radius 2 is 1.54 bits per heavy atom. The van der Waals surface area contributed by atoms with Crippen LogP contribution < -0.4 is 5.32 Å². The zero-order valence-electron chi connectivity index (χ0n) is 22.8. The highest BCUT2D eigenvalue weighted by Crippen LogP contribution is 2.27. The number of morpholine rings is 1. The first-order chi connectivity index (χ1) is 19.8. The molecule has 1 aliphatic rings. The number of aromatic nitrogens is 1. The zero-order valence-corrected chi connectivity index (χ0v) is 23.6. The number of ether oxygens (including phenoxy) is 2. The number of anilines is 1. The topological polar surface area (TPSA) is 107 Å². The van der Waals surface area contributed by atoms with Crippen molar-refractivity contribution in [2.75, 3.05) is 31.6 Å². The Bertz CT molecular complexity index is 1650. The molecule has 1 N–H and O–H groups in total. The maximum absolute atomic E-state index is 13.6. The van der Waals surface area contributed by atoms with Crippen LogP contribution in [0.5, 0.6) is 0 Å². The van der Waals surface area contributed by atoms with Gasteiger partial charge in [-0.05, 0) is 50.2 Å². The van der Waals surface area contributed by atoms with Gasteiger partial charge in [-0.2, -0.15) is 4.31 Å². The number of carbonyl (C=O) groups is 2. The maximum Gasteiger partial charge on any atom is 0.341 e. The Morgan fingerprint density at radius 3 is 2.22 bits per heavy atom. The summed E-state index contributed by atoms with van der Waals surface area (Å²) in [5.41, 5.74) is 3.53. The molecule has 0 saturated carbocycles. The van der Waals surface area contributed by atoms with Crippen molar-refractivity contribution < 1.29 is 27.5 Å². The van der Waals surface area contributed by atoms with Crippen LogP contribution in [-0.4, -0.2) is 55.5 Å². The highest BCUT2D eigenvalue weighted by molar-refractivity contribution is 7.89. The highest BCUT2D eigenvalue weighted by Gasteiger charge is 2.29. The molecule has 4 aromatic rings. The van der Waals surface area contributed by atoms with Crippen LogP contribution in [0, 0.1) is 13.8 Å². The van der Waals surface area contributed by atoms with Crippen LogP contribution in [0.1, 0.15) is 33.4 Å². The van der Waals surface area contributed by atoms with Gasteiger partial charge in [0.25, 0.3) is 5.91 Å². The third-order valence-electron chi connectivity index (χ3n) is 6.94. The number of rotatable bonds is 8. The van der Waals surface area contributed by atoms with E-state index >= 15 is 0 Å². The molecule has 1 fully saturated rings. The number of nitrogens with zero attached hydrogens (tertiary/aromatic N) is 2. The number of aryl methyl sites for hydroxylation is 1. The predicted molar refractivity (Wildman–Crippen MR) is 154 cm³/mol. The largest absolute Gasteiger partial charge is 0.444 e. The molecule has 2 heterocycles. The number of esters is 1. The summed E-state index contributed by atoms with van der Waals surface area (Å²) in [6.07, 6.45) is -1.28. The van der Waals surface area contributed by atoms with E-state index in [1.807, 2.05) is 48.7 Å². The van der Waals surface area contributed by atoms with Gasteiger partial charge < -0.3 is 19.4 Å². The minimum absolute atomic E-state index is 0.0545. The van der Waals surface area contributed by atoms with Crippen molar-refractivity contribution in [3.8, 4) is 5.69 Å². The molecule has 9 nitrogen and oxygen atoms in total. The Morgan fingerprint density at radius 1 is 0.878 bits per heavy atom. The first-order valence-electron chi connectivity index (χ1n) is 13.2. The van der Waals surface area contributed by atoms with Gasteiger partial charge in [0.15, 0.2) is 0 Å². The number of nitrogens with one attached hydrogen (secondary N) is 1. The summed E-state index contributed by atoms with van der Waals surface area (Å²) in [5, 5.41) is 2.74. The average Bonchev–Trinajstić information content (AvgIpc) is 3.30. The monoisotopic (exact) mass is 573 g/mol. The van der Waals surface area contributed by atoms with Crippen LogP contribution in [0.25, 0.3) is 5.69 Å². The SMILES string of the molecule is Cc1cc(C(=O)OC(C(=O)Nc2cccc(S(=O)(=O)N3CCOCC3)c2)c2ccccc2)c(C)n1-c1ccccc1. The second kappa shape index (κ2) is 12.1. The van der Waals surface area contributed by atoms with Gasteiger partial charge >= 0.3 is 5.97 Å². The molecular weight excluding hydrogens is 542 g/mol. The van der Waals surface area contributed by atoms with E-state index in [4.69, 9.17) is 9.47 Å². The van der Waals surface area contributed by atoms with Crippen molar-refractivity contribution in [3.63, 3.8) is 0 Å². The minimum atomic E-state index is -3.76. The van der Waals surface area contributed by atoms with Crippen LogP contribution in [0.2, 0.25) is 0 Å². The van der Waals surface area contributed by atoms with Crippen LogP contribution >= 0.6 is 0 Å². The molecule has 212 valence electrons. The van der Waals surface area contributed by atoms with Gasteiger partial charge in [-0.25, -0.2) is 13.2 Å².